The molecular weight excluding hydrogens is 306 g/mol. The molecule has 24 heavy (non-hydrogen) atoms. The molecule has 1 atom stereocenters. The number of benzene rings is 1. The summed E-state index contributed by atoms with van der Waals surface area (Å²) in [5.74, 6) is 0.848. The molecule has 1 aliphatic rings. The van der Waals surface area contributed by atoms with Gasteiger partial charge in [-0.2, -0.15) is 0 Å². The first-order valence-electron chi connectivity index (χ1n) is 8.44. The smallest absolute Gasteiger partial charge is 0.318 e. The molecular formula is C18H27N3O3. The average molecular weight is 333 g/mol. The highest BCUT2D eigenvalue weighted by molar-refractivity contribution is 5.85. The maximum absolute atomic E-state index is 12.4. The van der Waals surface area contributed by atoms with Crippen molar-refractivity contribution < 1.29 is 14.3 Å². The standard InChI is InChI=1S/C18H27N3O3/c1-5-8-20-9-10-21(12-17(20)22)18(23)19-14(3)15-6-7-16(24-4)13(2)11-15/h6-7,11,14H,5,8-10,12H2,1-4H3,(H,19,23). The van der Waals surface area contributed by atoms with Crippen molar-refractivity contribution in [3.8, 4) is 5.75 Å². The van der Waals surface area contributed by atoms with Crippen LogP contribution >= 0.6 is 0 Å². The Hall–Kier alpha value is -2.24. The first-order chi connectivity index (χ1) is 11.5. The molecule has 2 rings (SSSR count). The number of carbonyl (C=O) groups is 2. The predicted octanol–water partition coefficient (Wildman–Crippen LogP) is 2.33. The largest absolute Gasteiger partial charge is 0.496 e. The van der Waals surface area contributed by atoms with Crippen molar-refractivity contribution in [3.05, 3.63) is 29.3 Å². The monoisotopic (exact) mass is 333 g/mol. The highest BCUT2D eigenvalue weighted by Gasteiger charge is 2.27. The summed E-state index contributed by atoms with van der Waals surface area (Å²) in [5, 5.41) is 2.97. The van der Waals surface area contributed by atoms with E-state index in [1.807, 2.05) is 43.9 Å². The van der Waals surface area contributed by atoms with Gasteiger partial charge in [0.1, 0.15) is 12.3 Å². The molecule has 0 saturated carbocycles. The third-order valence-electron chi connectivity index (χ3n) is 4.36. The fourth-order valence-electron chi connectivity index (χ4n) is 2.92. The Morgan fingerprint density at radius 3 is 2.71 bits per heavy atom. The highest BCUT2D eigenvalue weighted by Crippen LogP contribution is 2.22. The summed E-state index contributed by atoms with van der Waals surface area (Å²) >= 11 is 0. The van der Waals surface area contributed by atoms with Crippen molar-refractivity contribution in [2.45, 2.75) is 33.2 Å². The number of carbonyl (C=O) groups excluding carboxylic acids is 2. The van der Waals surface area contributed by atoms with E-state index in [-0.39, 0.29) is 24.5 Å². The molecule has 6 heteroatoms. The number of hydrogen-bond acceptors (Lipinski definition) is 3. The van der Waals surface area contributed by atoms with Crippen LogP contribution in [0.1, 0.15) is 37.4 Å². The third kappa shape index (κ3) is 4.19. The van der Waals surface area contributed by atoms with Gasteiger partial charge in [0.05, 0.1) is 13.2 Å². The maximum atomic E-state index is 12.4. The van der Waals surface area contributed by atoms with Gasteiger partial charge in [0.2, 0.25) is 5.91 Å². The first-order valence-corrected chi connectivity index (χ1v) is 8.44. The first kappa shape index (κ1) is 18.1. The summed E-state index contributed by atoms with van der Waals surface area (Å²) in [6.45, 7) is 8.06. The van der Waals surface area contributed by atoms with Crippen LogP contribution in [0.3, 0.4) is 0 Å². The Morgan fingerprint density at radius 1 is 1.38 bits per heavy atom. The predicted molar refractivity (Wildman–Crippen MR) is 93.1 cm³/mol. The Morgan fingerprint density at radius 2 is 2.12 bits per heavy atom. The molecule has 1 N–H and O–H groups in total. The number of piperazine rings is 1. The minimum atomic E-state index is -0.194. The number of aryl methyl sites for hydroxylation is 1. The SMILES string of the molecule is CCCN1CCN(C(=O)NC(C)c2ccc(OC)c(C)c2)CC1=O. The van der Waals surface area contributed by atoms with Gasteiger partial charge in [-0.1, -0.05) is 19.1 Å². The molecule has 1 unspecified atom stereocenters. The summed E-state index contributed by atoms with van der Waals surface area (Å²) in [6.07, 6.45) is 0.936. The van der Waals surface area contributed by atoms with Crippen LogP contribution in [-0.4, -0.2) is 55.0 Å². The summed E-state index contributed by atoms with van der Waals surface area (Å²) in [5.41, 5.74) is 2.04. The quantitative estimate of drug-likeness (QED) is 0.899. The summed E-state index contributed by atoms with van der Waals surface area (Å²) in [6, 6.07) is 5.53. The van der Waals surface area contributed by atoms with Crippen LogP contribution < -0.4 is 10.1 Å². The molecule has 3 amide bonds. The lowest BCUT2D eigenvalue weighted by atomic mass is 10.1. The molecule has 1 saturated heterocycles. The highest BCUT2D eigenvalue weighted by atomic mass is 16.5. The number of nitrogens with one attached hydrogen (secondary N) is 1. The zero-order valence-corrected chi connectivity index (χ0v) is 15.0. The van der Waals surface area contributed by atoms with Crippen LogP contribution in [0, 0.1) is 6.92 Å². The molecule has 1 heterocycles. The van der Waals surface area contributed by atoms with Gasteiger partial charge in [0, 0.05) is 19.6 Å². The second-order valence-electron chi connectivity index (χ2n) is 6.20. The summed E-state index contributed by atoms with van der Waals surface area (Å²) < 4.78 is 5.26. The van der Waals surface area contributed by atoms with Crippen molar-refractivity contribution in [1.82, 2.24) is 15.1 Å². The zero-order valence-electron chi connectivity index (χ0n) is 15.0. The average Bonchev–Trinajstić information content (AvgIpc) is 2.56. The number of ether oxygens (including phenoxy) is 1. The topological polar surface area (TPSA) is 61.9 Å². The van der Waals surface area contributed by atoms with E-state index in [4.69, 9.17) is 4.74 Å². The lowest BCUT2D eigenvalue weighted by Gasteiger charge is -2.34. The Balaban J connectivity index is 1.94. The fraction of sp³-hybridized carbons (Fsp3) is 0.556. The number of amides is 3. The van der Waals surface area contributed by atoms with Gasteiger partial charge in [-0.3, -0.25) is 4.79 Å². The molecule has 0 aliphatic carbocycles. The van der Waals surface area contributed by atoms with Crippen LogP contribution in [0.4, 0.5) is 4.79 Å². The van der Waals surface area contributed by atoms with Crippen molar-refractivity contribution in [1.29, 1.82) is 0 Å². The Bertz CT molecular complexity index is 603. The van der Waals surface area contributed by atoms with Gasteiger partial charge in [-0.25, -0.2) is 4.79 Å². The number of urea groups is 1. The van der Waals surface area contributed by atoms with E-state index >= 15 is 0 Å². The second kappa shape index (κ2) is 8.04. The second-order valence-corrected chi connectivity index (χ2v) is 6.20. The van der Waals surface area contributed by atoms with E-state index in [1.54, 1.807) is 12.0 Å². The minimum absolute atomic E-state index is 0.0196. The zero-order chi connectivity index (χ0) is 17.7. The number of nitrogens with zero attached hydrogens (tertiary/aromatic N) is 2. The van der Waals surface area contributed by atoms with Crippen LogP contribution in [0.25, 0.3) is 0 Å². The maximum Gasteiger partial charge on any atom is 0.318 e. The van der Waals surface area contributed by atoms with E-state index in [2.05, 4.69) is 5.32 Å². The molecule has 0 aromatic heterocycles. The van der Waals surface area contributed by atoms with Crippen molar-refractivity contribution in [3.63, 3.8) is 0 Å². The number of methoxy groups -OCH3 is 1. The lowest BCUT2D eigenvalue weighted by Crippen LogP contribution is -2.54. The van der Waals surface area contributed by atoms with Gasteiger partial charge < -0.3 is 19.9 Å². The molecule has 1 aromatic carbocycles. The van der Waals surface area contributed by atoms with E-state index in [0.717, 1.165) is 29.8 Å². The minimum Gasteiger partial charge on any atom is -0.496 e. The summed E-state index contributed by atoms with van der Waals surface area (Å²) in [4.78, 5) is 27.9. The fourth-order valence-corrected chi connectivity index (χ4v) is 2.92. The van der Waals surface area contributed by atoms with Crippen LogP contribution in [0.5, 0.6) is 5.75 Å². The number of rotatable bonds is 5. The van der Waals surface area contributed by atoms with Crippen molar-refractivity contribution in [2.24, 2.45) is 0 Å². The summed E-state index contributed by atoms with van der Waals surface area (Å²) in [7, 11) is 1.64. The number of hydrogen-bond donors (Lipinski definition) is 1. The Labute approximate surface area is 143 Å². The molecule has 0 bridgehead atoms. The van der Waals surface area contributed by atoms with E-state index < -0.39 is 0 Å². The molecule has 1 fully saturated rings. The van der Waals surface area contributed by atoms with Crippen LogP contribution in [0.2, 0.25) is 0 Å². The van der Waals surface area contributed by atoms with Crippen molar-refractivity contribution >= 4 is 11.9 Å². The lowest BCUT2D eigenvalue weighted by molar-refractivity contribution is -0.134. The third-order valence-corrected chi connectivity index (χ3v) is 4.36. The van der Waals surface area contributed by atoms with Gasteiger partial charge >= 0.3 is 6.03 Å². The van der Waals surface area contributed by atoms with Crippen LogP contribution in [0.15, 0.2) is 18.2 Å². The molecule has 1 aliphatic heterocycles. The van der Waals surface area contributed by atoms with Crippen molar-refractivity contribution in [2.75, 3.05) is 33.3 Å². The van der Waals surface area contributed by atoms with E-state index in [9.17, 15) is 9.59 Å². The molecule has 6 nitrogen and oxygen atoms in total. The molecule has 0 spiro atoms. The van der Waals surface area contributed by atoms with Gasteiger partial charge in [0.25, 0.3) is 0 Å². The van der Waals surface area contributed by atoms with Gasteiger partial charge in [-0.15, -0.1) is 0 Å². The molecule has 0 radical (unpaired) electrons. The Kier molecular flexibility index (Phi) is 6.06. The molecule has 132 valence electrons. The van der Waals surface area contributed by atoms with E-state index in [0.29, 0.717) is 13.1 Å². The normalized spacial score (nSPS) is 16.1. The molecule has 1 aromatic rings. The van der Waals surface area contributed by atoms with Crippen LogP contribution in [-0.2, 0) is 4.79 Å². The van der Waals surface area contributed by atoms with E-state index in [1.165, 1.54) is 0 Å². The van der Waals surface area contributed by atoms with Gasteiger partial charge in [-0.05, 0) is 37.5 Å². The van der Waals surface area contributed by atoms with Gasteiger partial charge in [0.15, 0.2) is 0 Å².